The molecule has 1 unspecified atom stereocenters. The van der Waals surface area contributed by atoms with Gasteiger partial charge in [0.2, 0.25) is 5.88 Å². The number of aromatic nitrogens is 8. The number of rotatable bonds is 7. The highest BCUT2D eigenvalue weighted by atomic mass is 19.1. The molecule has 4 heterocycles. The van der Waals surface area contributed by atoms with Crippen molar-refractivity contribution in [1.29, 1.82) is 5.26 Å². The molecule has 1 atom stereocenters. The average Bonchev–Trinajstić information content (AvgIpc) is 3.53. The van der Waals surface area contributed by atoms with Crippen molar-refractivity contribution in [1.82, 2.24) is 39.8 Å². The van der Waals surface area contributed by atoms with Crippen molar-refractivity contribution in [3.8, 4) is 40.3 Å². The Morgan fingerprint density at radius 1 is 1.17 bits per heavy atom. The zero-order chi connectivity index (χ0) is 24.4. The molecule has 0 N–H and O–H groups in total. The van der Waals surface area contributed by atoms with Gasteiger partial charge in [-0.15, -0.1) is 5.10 Å². The van der Waals surface area contributed by atoms with E-state index in [0.29, 0.717) is 40.7 Å². The highest BCUT2D eigenvalue weighted by Gasteiger charge is 2.18. The number of nitriles is 1. The van der Waals surface area contributed by atoms with Crippen molar-refractivity contribution >= 4 is 5.65 Å². The van der Waals surface area contributed by atoms with Crippen molar-refractivity contribution in [2.24, 2.45) is 0 Å². The normalized spacial score (nSPS) is 11.8. The van der Waals surface area contributed by atoms with Gasteiger partial charge in [-0.3, -0.25) is 0 Å². The summed E-state index contributed by atoms with van der Waals surface area (Å²) in [5, 5.41) is 25.4. The molecule has 4 aromatic heterocycles. The third-order valence-electron chi connectivity index (χ3n) is 5.18. The second-order valence-electron chi connectivity index (χ2n) is 7.60. The van der Waals surface area contributed by atoms with Crippen LogP contribution in [0.15, 0.2) is 55.0 Å². The maximum Gasteiger partial charge on any atom is 0.214 e. The smallest absolute Gasteiger partial charge is 0.214 e. The SMILES string of the molecule is COc1cc(F)cc(-c2cnc3ccc(-c4cccc(OC(C)Cn5cnnn5)n4)nn23)c1C#N. The molecule has 35 heavy (non-hydrogen) atoms. The predicted molar refractivity (Wildman–Crippen MR) is 121 cm³/mol. The summed E-state index contributed by atoms with van der Waals surface area (Å²) >= 11 is 0. The Labute approximate surface area is 198 Å². The zero-order valence-electron chi connectivity index (χ0n) is 18.7. The molecule has 0 saturated carbocycles. The number of imidazole rings is 1. The van der Waals surface area contributed by atoms with Gasteiger partial charge >= 0.3 is 0 Å². The topological polar surface area (TPSA) is 129 Å². The van der Waals surface area contributed by atoms with Crippen LogP contribution < -0.4 is 9.47 Å². The van der Waals surface area contributed by atoms with E-state index in [1.807, 2.05) is 13.0 Å². The molecule has 0 saturated heterocycles. The van der Waals surface area contributed by atoms with Gasteiger partial charge in [0.05, 0.1) is 31.2 Å². The lowest BCUT2D eigenvalue weighted by Crippen LogP contribution is -2.20. The van der Waals surface area contributed by atoms with Crippen LogP contribution in [0.4, 0.5) is 4.39 Å². The highest BCUT2D eigenvalue weighted by Crippen LogP contribution is 2.32. The lowest BCUT2D eigenvalue weighted by Gasteiger charge is -2.14. The summed E-state index contributed by atoms with van der Waals surface area (Å²) in [6, 6.07) is 13.4. The summed E-state index contributed by atoms with van der Waals surface area (Å²) in [7, 11) is 1.38. The van der Waals surface area contributed by atoms with Crippen molar-refractivity contribution < 1.29 is 13.9 Å². The summed E-state index contributed by atoms with van der Waals surface area (Å²) < 4.78 is 28.5. The minimum absolute atomic E-state index is 0.135. The number of halogens is 1. The van der Waals surface area contributed by atoms with E-state index in [2.05, 4.69) is 36.7 Å². The number of tetrazole rings is 1. The molecular formula is C23H18FN9O2. The van der Waals surface area contributed by atoms with Crippen LogP contribution in [-0.2, 0) is 6.54 Å². The van der Waals surface area contributed by atoms with Crippen LogP contribution in [0.3, 0.4) is 0 Å². The predicted octanol–water partition coefficient (Wildman–Crippen LogP) is 2.93. The van der Waals surface area contributed by atoms with Crippen LogP contribution in [0.1, 0.15) is 12.5 Å². The molecule has 1 aromatic carbocycles. The second kappa shape index (κ2) is 9.14. The van der Waals surface area contributed by atoms with Crippen molar-refractivity contribution in [2.75, 3.05) is 7.11 Å². The Kier molecular flexibility index (Phi) is 5.72. The van der Waals surface area contributed by atoms with Gasteiger partial charge in [-0.25, -0.2) is 23.6 Å². The lowest BCUT2D eigenvalue weighted by atomic mass is 10.0. The van der Waals surface area contributed by atoms with E-state index < -0.39 is 5.82 Å². The first kappa shape index (κ1) is 21.9. The van der Waals surface area contributed by atoms with E-state index in [0.717, 1.165) is 0 Å². The quantitative estimate of drug-likeness (QED) is 0.352. The Hall–Kier alpha value is -4.92. The van der Waals surface area contributed by atoms with E-state index in [1.165, 1.54) is 31.8 Å². The van der Waals surface area contributed by atoms with Gasteiger partial charge in [-0.05, 0) is 41.6 Å². The summed E-state index contributed by atoms with van der Waals surface area (Å²) in [5.74, 6) is 0.0117. The van der Waals surface area contributed by atoms with E-state index in [4.69, 9.17) is 9.47 Å². The number of hydrogen-bond donors (Lipinski definition) is 0. The fourth-order valence-electron chi connectivity index (χ4n) is 3.65. The molecule has 5 aromatic rings. The van der Waals surface area contributed by atoms with Gasteiger partial charge in [-0.1, -0.05) is 6.07 Å². The number of methoxy groups -OCH3 is 1. The van der Waals surface area contributed by atoms with Crippen LogP contribution in [0, 0.1) is 17.1 Å². The maximum absolute atomic E-state index is 14.3. The maximum atomic E-state index is 14.3. The fourth-order valence-corrected chi connectivity index (χ4v) is 3.65. The van der Waals surface area contributed by atoms with Crippen molar-refractivity contribution in [3.05, 3.63) is 66.4 Å². The van der Waals surface area contributed by atoms with Crippen LogP contribution in [0.5, 0.6) is 11.6 Å². The second-order valence-corrected chi connectivity index (χ2v) is 7.60. The van der Waals surface area contributed by atoms with E-state index >= 15 is 0 Å². The molecular weight excluding hydrogens is 453 g/mol. The highest BCUT2D eigenvalue weighted by molar-refractivity contribution is 5.73. The summed E-state index contributed by atoms with van der Waals surface area (Å²) in [5.41, 5.74) is 2.58. The molecule has 12 heteroatoms. The molecule has 0 spiro atoms. The van der Waals surface area contributed by atoms with Crippen LogP contribution >= 0.6 is 0 Å². The number of nitrogens with zero attached hydrogens (tertiary/aromatic N) is 9. The summed E-state index contributed by atoms with van der Waals surface area (Å²) in [6.45, 7) is 2.35. The van der Waals surface area contributed by atoms with E-state index in [-0.39, 0.29) is 17.4 Å². The lowest BCUT2D eigenvalue weighted by molar-refractivity contribution is 0.185. The third kappa shape index (κ3) is 4.34. The molecule has 0 aliphatic rings. The average molecular weight is 471 g/mol. The van der Waals surface area contributed by atoms with Gasteiger partial charge in [0.25, 0.3) is 0 Å². The molecule has 11 nitrogen and oxygen atoms in total. The molecule has 0 fully saturated rings. The van der Waals surface area contributed by atoms with Crippen LogP contribution in [-0.4, -0.2) is 53.0 Å². The molecule has 5 rings (SSSR count). The van der Waals surface area contributed by atoms with E-state index in [9.17, 15) is 9.65 Å². The Balaban J connectivity index is 1.50. The first-order valence-electron chi connectivity index (χ1n) is 10.5. The molecule has 0 bridgehead atoms. The fraction of sp³-hybridized carbons (Fsp3) is 0.174. The zero-order valence-corrected chi connectivity index (χ0v) is 18.7. The molecule has 0 radical (unpaired) electrons. The Morgan fingerprint density at radius 3 is 2.83 bits per heavy atom. The number of hydrogen-bond acceptors (Lipinski definition) is 9. The number of benzene rings is 1. The van der Waals surface area contributed by atoms with E-state index in [1.54, 1.807) is 33.5 Å². The van der Waals surface area contributed by atoms with Gasteiger partial charge in [0, 0.05) is 17.7 Å². The third-order valence-corrected chi connectivity index (χ3v) is 5.18. The minimum Gasteiger partial charge on any atom is -0.495 e. The molecule has 0 aliphatic carbocycles. The first-order chi connectivity index (χ1) is 17.1. The number of pyridine rings is 1. The summed E-state index contributed by atoms with van der Waals surface area (Å²) in [4.78, 5) is 8.92. The van der Waals surface area contributed by atoms with Crippen LogP contribution in [0.2, 0.25) is 0 Å². The minimum atomic E-state index is -0.538. The molecule has 0 amide bonds. The first-order valence-corrected chi connectivity index (χ1v) is 10.5. The molecule has 174 valence electrons. The van der Waals surface area contributed by atoms with Crippen molar-refractivity contribution in [3.63, 3.8) is 0 Å². The van der Waals surface area contributed by atoms with Crippen molar-refractivity contribution in [2.45, 2.75) is 19.6 Å². The monoisotopic (exact) mass is 471 g/mol. The Morgan fingerprint density at radius 2 is 2.06 bits per heavy atom. The molecule has 0 aliphatic heterocycles. The number of ether oxygens (including phenoxy) is 2. The largest absolute Gasteiger partial charge is 0.495 e. The standard InChI is InChI=1S/C23H18FN9O2/c1-14(12-32-13-27-30-31-32)35-23-5-3-4-18(28-23)19-6-7-22-26-11-20(33(22)29-19)16-8-15(24)9-21(34-2)17(16)10-25/h3-9,11,13-14H,12H2,1-2H3. The summed E-state index contributed by atoms with van der Waals surface area (Å²) in [6.07, 6.45) is 2.82. The van der Waals surface area contributed by atoms with Crippen LogP contribution in [0.25, 0.3) is 28.3 Å². The number of fused-ring (bicyclic) bond motifs is 1. The van der Waals surface area contributed by atoms with Gasteiger partial charge in [0.1, 0.15) is 41.3 Å². The Bertz CT molecular complexity index is 1540. The van der Waals surface area contributed by atoms with Gasteiger partial charge in [0.15, 0.2) is 5.65 Å². The van der Waals surface area contributed by atoms with Gasteiger partial charge < -0.3 is 9.47 Å². The van der Waals surface area contributed by atoms with Gasteiger partial charge in [-0.2, -0.15) is 10.4 Å².